The summed E-state index contributed by atoms with van der Waals surface area (Å²) in [6.07, 6.45) is -1.18. The van der Waals surface area contributed by atoms with Crippen LogP contribution >= 0.6 is 0 Å². The van der Waals surface area contributed by atoms with E-state index in [0.29, 0.717) is 42.1 Å². The third kappa shape index (κ3) is 2.33. The molecule has 0 bridgehead atoms. The van der Waals surface area contributed by atoms with Crippen LogP contribution in [0.1, 0.15) is 41.2 Å². The maximum atomic E-state index is 13.4. The number of nitrogens with zero attached hydrogens (tertiary/aromatic N) is 3. The van der Waals surface area contributed by atoms with Gasteiger partial charge < -0.3 is 24.6 Å². The molecule has 5 heterocycles. The Kier molecular flexibility index (Phi) is 3.75. The van der Waals surface area contributed by atoms with Crippen LogP contribution in [0.2, 0.25) is 0 Å². The zero-order valence-corrected chi connectivity index (χ0v) is 17.3. The second kappa shape index (κ2) is 6.14. The lowest BCUT2D eigenvalue weighted by molar-refractivity contribution is -0.236. The van der Waals surface area contributed by atoms with E-state index in [9.17, 15) is 20.1 Å². The van der Waals surface area contributed by atoms with Gasteiger partial charge in [-0.1, -0.05) is 6.92 Å². The Morgan fingerprint density at radius 1 is 1.19 bits per heavy atom. The van der Waals surface area contributed by atoms with Crippen molar-refractivity contribution < 1.29 is 20.1 Å². The highest BCUT2D eigenvalue weighted by atomic mass is 16.6. The van der Waals surface area contributed by atoms with Crippen molar-refractivity contribution in [1.82, 2.24) is 14.5 Å². The van der Waals surface area contributed by atoms with Crippen molar-refractivity contribution in [3.05, 3.63) is 56.4 Å². The lowest BCUT2D eigenvalue weighted by Crippen LogP contribution is -2.47. The molecule has 0 amide bonds. The Labute approximate surface area is 178 Å². The predicted molar refractivity (Wildman–Crippen MR) is 112 cm³/mol. The monoisotopic (exact) mass is 421 g/mol. The fourth-order valence-electron chi connectivity index (χ4n) is 5.37. The number of hydrogen-bond donors (Lipinski definition) is 3. The van der Waals surface area contributed by atoms with Crippen LogP contribution in [-0.2, 0) is 36.6 Å². The molecular weight excluding hydrogens is 398 g/mol. The first-order chi connectivity index (χ1) is 14.8. The van der Waals surface area contributed by atoms with Gasteiger partial charge in [-0.2, -0.15) is 0 Å². The van der Waals surface area contributed by atoms with Crippen LogP contribution in [0.3, 0.4) is 0 Å². The number of fused-ring (bicyclic) bond motifs is 5. The number of phenols is 1. The first-order valence-corrected chi connectivity index (χ1v) is 10.5. The van der Waals surface area contributed by atoms with Crippen molar-refractivity contribution in [3.63, 3.8) is 0 Å². The van der Waals surface area contributed by atoms with Gasteiger partial charge in [0.1, 0.15) is 11.4 Å². The SMILES string of the molecule is CC[C@]1(O)c2cc3n(c(=O)c2COC1O)Cc1c-3nc2ccc(O)c3c2c1CN(C)C3. The largest absolute Gasteiger partial charge is 0.508 e. The summed E-state index contributed by atoms with van der Waals surface area (Å²) in [6.45, 7) is 3.42. The van der Waals surface area contributed by atoms with Crippen molar-refractivity contribution in [2.24, 2.45) is 0 Å². The number of aromatic nitrogens is 2. The van der Waals surface area contributed by atoms with Crippen LogP contribution in [0.15, 0.2) is 23.0 Å². The number of ether oxygens (including phenoxy) is 1. The molecule has 0 spiro atoms. The average Bonchev–Trinajstić information content (AvgIpc) is 3.13. The number of hydrogen-bond acceptors (Lipinski definition) is 7. The van der Waals surface area contributed by atoms with Gasteiger partial charge in [0.15, 0.2) is 6.29 Å². The zero-order valence-electron chi connectivity index (χ0n) is 17.3. The Bertz CT molecular complexity index is 1350. The molecule has 0 saturated carbocycles. The summed E-state index contributed by atoms with van der Waals surface area (Å²) in [4.78, 5) is 20.4. The number of phenolic OH excluding ortho intramolecular Hbond substituents is 1. The third-order valence-electron chi connectivity index (χ3n) is 7.07. The molecule has 8 heteroatoms. The normalized spacial score (nSPS) is 24.2. The molecule has 1 unspecified atom stereocenters. The van der Waals surface area contributed by atoms with Gasteiger partial charge in [0.2, 0.25) is 0 Å². The highest BCUT2D eigenvalue weighted by Gasteiger charge is 2.44. The van der Waals surface area contributed by atoms with E-state index in [1.165, 1.54) is 0 Å². The molecule has 3 aliphatic heterocycles. The summed E-state index contributed by atoms with van der Waals surface area (Å²) >= 11 is 0. The number of aromatic hydroxyl groups is 1. The molecule has 2 atom stereocenters. The van der Waals surface area contributed by atoms with Crippen molar-refractivity contribution in [3.8, 4) is 17.1 Å². The van der Waals surface area contributed by atoms with E-state index in [4.69, 9.17) is 9.72 Å². The van der Waals surface area contributed by atoms with Crippen LogP contribution in [0.5, 0.6) is 5.75 Å². The predicted octanol–water partition coefficient (Wildman–Crippen LogP) is 1.52. The molecular formula is C23H23N3O5. The molecule has 0 aliphatic carbocycles. The van der Waals surface area contributed by atoms with Crippen LogP contribution in [0, 0.1) is 0 Å². The number of benzene rings is 1. The average molecular weight is 421 g/mol. The van der Waals surface area contributed by atoms with Crippen molar-refractivity contribution in [2.75, 3.05) is 7.05 Å². The number of pyridine rings is 2. The topological polar surface area (TPSA) is 108 Å². The molecule has 8 nitrogen and oxygen atoms in total. The van der Waals surface area contributed by atoms with Gasteiger partial charge in [0.25, 0.3) is 5.56 Å². The Morgan fingerprint density at radius 2 is 1.97 bits per heavy atom. The van der Waals surface area contributed by atoms with Gasteiger partial charge in [-0.05, 0) is 37.2 Å². The zero-order chi connectivity index (χ0) is 21.7. The summed E-state index contributed by atoms with van der Waals surface area (Å²) in [5.74, 6) is 0.254. The highest BCUT2D eigenvalue weighted by Crippen LogP contribution is 2.44. The minimum atomic E-state index is -1.64. The van der Waals surface area contributed by atoms with Crippen LogP contribution in [0.25, 0.3) is 22.3 Å². The Hall–Kier alpha value is -2.78. The first kappa shape index (κ1) is 18.9. The summed E-state index contributed by atoms with van der Waals surface area (Å²) in [7, 11) is 2.00. The molecule has 2 aromatic heterocycles. The lowest BCUT2D eigenvalue weighted by Gasteiger charge is -2.37. The second-order valence-electron chi connectivity index (χ2n) is 8.80. The Morgan fingerprint density at radius 3 is 2.74 bits per heavy atom. The van der Waals surface area contributed by atoms with Gasteiger partial charge in [0.05, 0.1) is 30.1 Å². The van der Waals surface area contributed by atoms with Gasteiger partial charge in [0, 0.05) is 40.7 Å². The summed E-state index contributed by atoms with van der Waals surface area (Å²) in [6, 6.07) is 5.26. The smallest absolute Gasteiger partial charge is 0.257 e. The second-order valence-corrected chi connectivity index (χ2v) is 8.80. The minimum Gasteiger partial charge on any atom is -0.508 e. The Balaban J connectivity index is 1.66. The molecule has 1 aromatic carbocycles. The van der Waals surface area contributed by atoms with Gasteiger partial charge in [-0.25, -0.2) is 4.98 Å². The molecule has 3 N–H and O–H groups in total. The van der Waals surface area contributed by atoms with Crippen molar-refractivity contribution in [1.29, 1.82) is 0 Å². The molecule has 31 heavy (non-hydrogen) atoms. The maximum Gasteiger partial charge on any atom is 0.257 e. The highest BCUT2D eigenvalue weighted by molar-refractivity contribution is 5.92. The third-order valence-corrected chi connectivity index (χ3v) is 7.07. The van der Waals surface area contributed by atoms with E-state index >= 15 is 0 Å². The number of aliphatic hydroxyl groups excluding tert-OH is 1. The van der Waals surface area contributed by atoms with Gasteiger partial charge >= 0.3 is 0 Å². The summed E-state index contributed by atoms with van der Waals surface area (Å²) in [5.41, 5.74) is 3.95. The lowest BCUT2D eigenvalue weighted by atomic mass is 9.85. The molecule has 3 aromatic rings. The van der Waals surface area contributed by atoms with Crippen LogP contribution in [0.4, 0.5) is 0 Å². The molecule has 0 radical (unpaired) electrons. The quantitative estimate of drug-likeness (QED) is 0.428. The first-order valence-electron chi connectivity index (χ1n) is 10.5. The van der Waals surface area contributed by atoms with E-state index in [2.05, 4.69) is 4.90 Å². The number of rotatable bonds is 1. The summed E-state index contributed by atoms with van der Waals surface area (Å²) in [5, 5.41) is 32.8. The molecule has 0 fully saturated rings. The molecule has 0 saturated heterocycles. The van der Waals surface area contributed by atoms with E-state index in [1.807, 2.05) is 13.1 Å². The van der Waals surface area contributed by atoms with E-state index in [0.717, 1.165) is 27.6 Å². The van der Waals surface area contributed by atoms with Crippen molar-refractivity contribution in [2.45, 2.75) is 51.5 Å². The van der Waals surface area contributed by atoms with Crippen molar-refractivity contribution >= 4 is 10.9 Å². The molecule has 160 valence electrons. The van der Waals surface area contributed by atoms with Crippen LogP contribution < -0.4 is 5.56 Å². The minimum absolute atomic E-state index is 0.0444. The molecule has 3 aliphatic rings. The maximum absolute atomic E-state index is 13.4. The van der Waals surface area contributed by atoms with Gasteiger partial charge in [-0.3, -0.25) is 9.69 Å². The standard InChI is InChI=1S/C23H23N3O5/c1-3-23(30)15-6-17-20-12(9-26(17)21(28)14(15)10-31-22(23)29)11-7-25(2)8-13-18(27)5-4-16(24-20)19(11)13/h4-6,22,27,29-30H,3,7-10H2,1-2H3/t22?,23-/m0/s1. The van der Waals surface area contributed by atoms with E-state index < -0.39 is 11.9 Å². The van der Waals surface area contributed by atoms with Gasteiger partial charge in [-0.15, -0.1) is 0 Å². The number of aliphatic hydroxyl groups is 2. The summed E-state index contributed by atoms with van der Waals surface area (Å²) < 4.78 is 7.01. The fraction of sp³-hybridized carbons (Fsp3) is 0.391. The van der Waals surface area contributed by atoms with Crippen LogP contribution in [-0.4, -0.2) is 43.1 Å². The fourth-order valence-corrected chi connectivity index (χ4v) is 5.37. The van der Waals surface area contributed by atoms with E-state index in [-0.39, 0.29) is 24.3 Å². The molecule has 6 rings (SSSR count). The van der Waals surface area contributed by atoms with E-state index in [1.54, 1.807) is 23.6 Å².